The second-order valence-corrected chi connectivity index (χ2v) is 7.13. The van der Waals surface area contributed by atoms with E-state index in [1.165, 1.54) is 11.1 Å². The fourth-order valence-corrected chi connectivity index (χ4v) is 4.07. The van der Waals surface area contributed by atoms with Crippen LogP contribution in [0.2, 0.25) is 0 Å². The maximum atomic E-state index is 13.0. The van der Waals surface area contributed by atoms with Crippen molar-refractivity contribution in [3.63, 3.8) is 0 Å². The monoisotopic (exact) mass is 354 g/mol. The van der Waals surface area contributed by atoms with Crippen molar-refractivity contribution in [2.45, 2.75) is 32.1 Å². The number of hydrogen-bond acceptors (Lipinski definition) is 1. The molecule has 1 aliphatic rings. The van der Waals surface area contributed by atoms with E-state index in [1.54, 1.807) is 0 Å². The normalized spacial score (nSPS) is 14.1. The van der Waals surface area contributed by atoms with Crippen LogP contribution in [-0.2, 0) is 5.41 Å². The van der Waals surface area contributed by atoms with Crippen molar-refractivity contribution in [1.82, 2.24) is 0 Å². The van der Waals surface area contributed by atoms with Gasteiger partial charge < -0.3 is 0 Å². The summed E-state index contributed by atoms with van der Waals surface area (Å²) in [7, 11) is 0. The average Bonchev–Trinajstić information content (AvgIpc) is 2.88. The molecular formula is C25H24NO+. The minimum atomic E-state index is -0.0751. The first-order valence-corrected chi connectivity index (χ1v) is 9.62. The molecule has 0 saturated heterocycles. The number of rotatable bonds is 4. The van der Waals surface area contributed by atoms with E-state index in [9.17, 15) is 4.79 Å². The summed E-state index contributed by atoms with van der Waals surface area (Å²) >= 11 is 0. The topological polar surface area (TPSA) is 20.9 Å². The molecule has 2 heteroatoms. The van der Waals surface area contributed by atoms with Crippen molar-refractivity contribution in [3.8, 4) is 11.3 Å². The van der Waals surface area contributed by atoms with Crippen molar-refractivity contribution in [3.05, 3.63) is 95.7 Å². The summed E-state index contributed by atoms with van der Waals surface area (Å²) in [5, 5.41) is 0. The molecule has 1 aromatic heterocycles. The number of pyridine rings is 1. The predicted molar refractivity (Wildman–Crippen MR) is 110 cm³/mol. The van der Waals surface area contributed by atoms with Gasteiger partial charge in [0.15, 0.2) is 18.2 Å². The van der Waals surface area contributed by atoms with Crippen LogP contribution in [0.1, 0.15) is 48.2 Å². The van der Waals surface area contributed by atoms with Gasteiger partial charge in [-0.2, -0.15) is 4.57 Å². The summed E-state index contributed by atoms with van der Waals surface area (Å²) in [6.07, 6.45) is 8.54. The molecular weight excluding hydrogens is 330 g/mol. The molecule has 0 aliphatic carbocycles. The second-order valence-electron chi connectivity index (χ2n) is 7.13. The Hall–Kier alpha value is -3.00. The largest absolute Gasteiger partial charge is 0.289 e. The smallest absolute Gasteiger partial charge is 0.218 e. The molecule has 2 heterocycles. The highest BCUT2D eigenvalue weighted by molar-refractivity contribution is 6.09. The fraction of sp³-hybridized carbons (Fsp3) is 0.200. The number of aromatic nitrogens is 1. The number of benzene rings is 2. The van der Waals surface area contributed by atoms with Gasteiger partial charge in [-0.3, -0.25) is 4.79 Å². The molecule has 3 aromatic rings. The molecule has 0 radical (unpaired) electrons. The molecule has 4 rings (SSSR count). The van der Waals surface area contributed by atoms with Gasteiger partial charge in [0, 0.05) is 28.7 Å². The highest BCUT2D eigenvalue weighted by Crippen LogP contribution is 2.41. The Morgan fingerprint density at radius 3 is 2.37 bits per heavy atom. The molecule has 27 heavy (non-hydrogen) atoms. The van der Waals surface area contributed by atoms with Gasteiger partial charge in [-0.1, -0.05) is 50.2 Å². The highest BCUT2D eigenvalue weighted by Gasteiger charge is 2.34. The Labute approximate surface area is 160 Å². The van der Waals surface area contributed by atoms with Crippen molar-refractivity contribution >= 4 is 12.0 Å². The minimum absolute atomic E-state index is 0.0751. The zero-order valence-electron chi connectivity index (χ0n) is 15.9. The molecule has 2 nitrogen and oxygen atoms in total. The lowest BCUT2D eigenvalue weighted by Crippen LogP contribution is -2.27. The van der Waals surface area contributed by atoms with Crippen LogP contribution in [-0.4, -0.2) is 5.78 Å². The van der Waals surface area contributed by atoms with Crippen molar-refractivity contribution in [2.75, 3.05) is 0 Å². The molecule has 0 unspecified atom stereocenters. The molecule has 0 spiro atoms. The Morgan fingerprint density at radius 2 is 1.63 bits per heavy atom. The van der Waals surface area contributed by atoms with Crippen LogP contribution in [0, 0.1) is 0 Å². The molecule has 0 fully saturated rings. The van der Waals surface area contributed by atoms with Gasteiger partial charge in [-0.15, -0.1) is 0 Å². The van der Waals surface area contributed by atoms with Crippen molar-refractivity contribution in [1.29, 1.82) is 0 Å². The molecule has 0 amide bonds. The predicted octanol–water partition coefficient (Wildman–Crippen LogP) is 5.41. The first-order chi connectivity index (χ1) is 13.2. The number of nitrogens with zero attached hydrogens (tertiary/aromatic N) is 1. The Balaban J connectivity index is 1.93. The lowest BCUT2D eigenvalue weighted by atomic mass is 9.73. The molecule has 134 valence electrons. The third-order valence-electron chi connectivity index (χ3n) is 5.84. The maximum absolute atomic E-state index is 13.0. The second kappa shape index (κ2) is 6.96. The zero-order chi connectivity index (χ0) is 18.9. The van der Waals surface area contributed by atoms with Gasteiger partial charge in [0.1, 0.15) is 0 Å². The Bertz CT molecular complexity index is 1010. The third kappa shape index (κ3) is 2.91. The first kappa shape index (κ1) is 17.4. The Kier molecular flexibility index (Phi) is 4.49. The van der Waals surface area contributed by atoms with E-state index in [0.29, 0.717) is 0 Å². The summed E-state index contributed by atoms with van der Waals surface area (Å²) in [6.45, 7) is 4.45. The standard InChI is InChI=1S/C25H24NO/c1-3-25(4-2)15-17-26-16-9-8-12-23(26)21-14-13-20(18-22(21)25)24(27)19-10-6-5-7-11-19/h5-18H,3-4H2,1-2H3/q+1. The van der Waals surface area contributed by atoms with Crippen LogP contribution < -0.4 is 4.57 Å². The number of fused-ring (bicyclic) bond motifs is 3. The molecule has 0 atom stereocenters. The van der Waals surface area contributed by atoms with E-state index in [2.05, 4.69) is 61.2 Å². The number of carbonyl (C=O) groups excluding carboxylic acids is 1. The minimum Gasteiger partial charge on any atom is -0.289 e. The SMILES string of the molecule is CCC1(CC)C=C[n+]2ccccc2-c2ccc(C(=O)c3ccccc3)cc21. The van der Waals surface area contributed by atoms with E-state index < -0.39 is 0 Å². The van der Waals surface area contributed by atoms with Crippen LogP contribution in [0.5, 0.6) is 0 Å². The summed E-state index contributed by atoms with van der Waals surface area (Å²) in [5.74, 6) is 0.0775. The Morgan fingerprint density at radius 1 is 0.889 bits per heavy atom. The number of allylic oxidation sites excluding steroid dienone is 1. The molecule has 0 bridgehead atoms. The van der Waals surface area contributed by atoms with Gasteiger partial charge >= 0.3 is 0 Å². The quantitative estimate of drug-likeness (QED) is 0.453. The molecule has 0 N–H and O–H groups in total. The maximum Gasteiger partial charge on any atom is 0.218 e. The van der Waals surface area contributed by atoms with E-state index in [4.69, 9.17) is 0 Å². The highest BCUT2D eigenvalue weighted by atomic mass is 16.1. The number of carbonyl (C=O) groups is 1. The van der Waals surface area contributed by atoms with Gasteiger partial charge in [0.2, 0.25) is 5.69 Å². The van der Waals surface area contributed by atoms with Crippen molar-refractivity contribution < 1.29 is 9.36 Å². The lowest BCUT2D eigenvalue weighted by molar-refractivity contribution is -0.556. The van der Waals surface area contributed by atoms with Gasteiger partial charge in [-0.05, 0) is 42.7 Å². The van der Waals surface area contributed by atoms with Gasteiger partial charge in [0.25, 0.3) is 0 Å². The summed E-state index contributed by atoms with van der Waals surface area (Å²) < 4.78 is 2.17. The van der Waals surface area contributed by atoms with Gasteiger partial charge in [-0.25, -0.2) is 0 Å². The summed E-state index contributed by atoms with van der Waals surface area (Å²) in [4.78, 5) is 13.0. The van der Waals surface area contributed by atoms with Gasteiger partial charge in [0.05, 0.1) is 5.56 Å². The van der Waals surface area contributed by atoms with E-state index in [0.717, 1.165) is 29.7 Å². The molecule has 0 saturated carbocycles. The lowest BCUT2D eigenvalue weighted by Gasteiger charge is -2.29. The third-order valence-corrected chi connectivity index (χ3v) is 5.84. The van der Waals surface area contributed by atoms with Crippen LogP contribution in [0.25, 0.3) is 17.5 Å². The summed E-state index contributed by atoms with van der Waals surface area (Å²) in [5.41, 5.74) is 5.01. The molecule has 1 aliphatic heterocycles. The van der Waals surface area contributed by atoms with Crippen LogP contribution in [0.4, 0.5) is 0 Å². The first-order valence-electron chi connectivity index (χ1n) is 9.62. The average molecular weight is 354 g/mol. The van der Waals surface area contributed by atoms with Crippen LogP contribution >= 0.6 is 0 Å². The summed E-state index contributed by atoms with van der Waals surface area (Å²) in [6, 6.07) is 22.0. The van der Waals surface area contributed by atoms with Crippen LogP contribution in [0.15, 0.2) is 79.0 Å². The number of hydrogen-bond donors (Lipinski definition) is 0. The molecule has 2 aromatic carbocycles. The zero-order valence-corrected chi connectivity index (χ0v) is 15.9. The van der Waals surface area contributed by atoms with E-state index in [1.807, 2.05) is 42.5 Å². The van der Waals surface area contributed by atoms with E-state index >= 15 is 0 Å². The van der Waals surface area contributed by atoms with Crippen LogP contribution in [0.3, 0.4) is 0 Å². The van der Waals surface area contributed by atoms with E-state index in [-0.39, 0.29) is 11.2 Å². The van der Waals surface area contributed by atoms with Crippen molar-refractivity contribution in [2.24, 2.45) is 0 Å². The number of ketones is 1. The fourth-order valence-electron chi connectivity index (χ4n) is 4.07.